The van der Waals surface area contributed by atoms with Gasteiger partial charge in [0.25, 0.3) is 5.91 Å². The van der Waals surface area contributed by atoms with Gasteiger partial charge in [-0.05, 0) is 24.3 Å². The molecule has 172 valence electrons. The van der Waals surface area contributed by atoms with Gasteiger partial charge in [-0.25, -0.2) is 9.50 Å². The Morgan fingerprint density at radius 1 is 1.24 bits per heavy atom. The van der Waals surface area contributed by atoms with Crippen molar-refractivity contribution < 1.29 is 22.7 Å². The molecule has 12 heteroatoms. The van der Waals surface area contributed by atoms with Crippen LogP contribution >= 0.6 is 11.6 Å². The van der Waals surface area contributed by atoms with E-state index in [0.29, 0.717) is 15.8 Å². The molecule has 3 aromatic heterocycles. The van der Waals surface area contributed by atoms with Crippen LogP contribution in [0, 0.1) is 0 Å². The maximum absolute atomic E-state index is 13.9. The summed E-state index contributed by atoms with van der Waals surface area (Å²) in [6, 6.07) is 9.02. The van der Waals surface area contributed by atoms with Crippen LogP contribution in [-0.2, 0) is 19.8 Å². The summed E-state index contributed by atoms with van der Waals surface area (Å²) < 4.78 is 49.0. The Hall–Kier alpha value is -3.60. The first-order valence-corrected chi connectivity index (χ1v) is 10.0. The number of hydrogen-bond donors (Lipinski definition) is 0. The van der Waals surface area contributed by atoms with Crippen LogP contribution in [0.5, 0.6) is 5.75 Å². The lowest BCUT2D eigenvalue weighted by Crippen LogP contribution is -2.28. The first kappa shape index (κ1) is 22.6. The topological polar surface area (TPSA) is 77.5 Å². The molecule has 0 N–H and O–H groups in total. The van der Waals surface area contributed by atoms with Crippen molar-refractivity contribution in [1.29, 1.82) is 0 Å². The first-order chi connectivity index (χ1) is 15.6. The van der Waals surface area contributed by atoms with Crippen LogP contribution in [0.25, 0.3) is 16.9 Å². The van der Waals surface area contributed by atoms with E-state index in [0.717, 1.165) is 11.8 Å². The minimum absolute atomic E-state index is 0.0118. The average molecular weight is 479 g/mol. The van der Waals surface area contributed by atoms with E-state index < -0.39 is 17.8 Å². The second-order valence-corrected chi connectivity index (χ2v) is 7.64. The second-order valence-electron chi connectivity index (χ2n) is 7.26. The Morgan fingerprint density at radius 2 is 2.00 bits per heavy atom. The molecular weight excluding hydrogens is 461 g/mol. The van der Waals surface area contributed by atoms with Gasteiger partial charge in [0.15, 0.2) is 17.0 Å². The summed E-state index contributed by atoms with van der Waals surface area (Å²) in [5, 5.41) is 7.65. The van der Waals surface area contributed by atoms with Crippen molar-refractivity contribution in [3.05, 3.63) is 64.7 Å². The molecule has 1 aromatic carbocycles. The highest BCUT2D eigenvalue weighted by molar-refractivity contribution is 6.36. The van der Waals surface area contributed by atoms with Crippen molar-refractivity contribution >= 4 is 23.2 Å². The normalized spacial score (nSPS) is 11.7. The van der Waals surface area contributed by atoms with Gasteiger partial charge in [0.05, 0.1) is 25.0 Å². The molecule has 4 aromatic rings. The van der Waals surface area contributed by atoms with Gasteiger partial charge in [-0.1, -0.05) is 23.7 Å². The third kappa shape index (κ3) is 4.23. The lowest BCUT2D eigenvalue weighted by atomic mass is 10.1. The molecule has 1 amide bonds. The summed E-state index contributed by atoms with van der Waals surface area (Å²) in [4.78, 5) is 18.5. The Kier molecular flexibility index (Phi) is 5.75. The number of rotatable bonds is 5. The molecule has 0 saturated heterocycles. The van der Waals surface area contributed by atoms with Gasteiger partial charge in [0, 0.05) is 25.9 Å². The number of ether oxygens (including phenoxy) is 1. The van der Waals surface area contributed by atoms with Crippen molar-refractivity contribution in [2.24, 2.45) is 7.05 Å². The number of aryl methyl sites for hydroxylation is 1. The van der Waals surface area contributed by atoms with Crippen molar-refractivity contribution in [2.45, 2.75) is 12.7 Å². The van der Waals surface area contributed by atoms with Crippen molar-refractivity contribution in [3.63, 3.8) is 0 Å². The monoisotopic (exact) mass is 478 g/mol. The molecule has 0 unspecified atom stereocenters. The molecule has 8 nitrogen and oxygen atoms in total. The molecule has 3 heterocycles. The number of alkyl halides is 3. The zero-order valence-electron chi connectivity index (χ0n) is 17.8. The third-order valence-electron chi connectivity index (χ3n) is 5.06. The van der Waals surface area contributed by atoms with E-state index in [1.165, 1.54) is 19.1 Å². The lowest BCUT2D eigenvalue weighted by Gasteiger charge is -2.15. The summed E-state index contributed by atoms with van der Waals surface area (Å²) in [5.41, 5.74) is -0.594. The van der Waals surface area contributed by atoms with Gasteiger partial charge in [-0.2, -0.15) is 23.4 Å². The molecule has 0 aliphatic carbocycles. The lowest BCUT2D eigenvalue weighted by molar-refractivity contribution is -0.142. The first-order valence-electron chi connectivity index (χ1n) is 9.63. The predicted octanol–water partition coefficient (Wildman–Crippen LogP) is 4.08. The molecule has 0 aliphatic heterocycles. The maximum atomic E-state index is 13.9. The quantitative estimate of drug-likeness (QED) is 0.432. The molecule has 0 fully saturated rings. The molecule has 4 rings (SSSR count). The van der Waals surface area contributed by atoms with Gasteiger partial charge in [0.2, 0.25) is 0 Å². The molecule has 0 saturated carbocycles. The van der Waals surface area contributed by atoms with Crippen LogP contribution in [0.4, 0.5) is 13.2 Å². The highest BCUT2D eigenvalue weighted by Gasteiger charge is 2.37. The highest BCUT2D eigenvalue weighted by Crippen LogP contribution is 2.35. The molecule has 0 spiro atoms. The molecule has 0 atom stereocenters. The zero-order chi connectivity index (χ0) is 23.9. The molecular formula is C21H18ClF3N6O2. The summed E-state index contributed by atoms with van der Waals surface area (Å²) in [6.45, 7) is 0.161. The molecule has 0 radical (unpaired) electrons. The number of methoxy groups -OCH3 is 1. The second kappa shape index (κ2) is 8.39. The standard InChI is InChI=1S/C21H18ClF3N6O2/c1-29(11-13-7-8-26-30(13)2)20(32)18-17(22)19-27-15(12-5-4-6-14(9-12)33-3)10-16(21(23,24)25)31(19)28-18/h4-10H,11H2,1-3H3. The highest BCUT2D eigenvalue weighted by atomic mass is 35.5. The molecule has 33 heavy (non-hydrogen) atoms. The maximum Gasteiger partial charge on any atom is 0.433 e. The summed E-state index contributed by atoms with van der Waals surface area (Å²) >= 11 is 6.35. The minimum atomic E-state index is -4.77. The fraction of sp³-hybridized carbons (Fsp3) is 0.238. The van der Waals surface area contributed by atoms with E-state index >= 15 is 0 Å². The number of fused-ring (bicyclic) bond motifs is 1. The van der Waals surface area contributed by atoms with Crippen LogP contribution < -0.4 is 4.74 Å². The molecule has 0 aliphatic rings. The Balaban J connectivity index is 1.82. The van der Waals surface area contributed by atoms with Gasteiger partial charge in [-0.3, -0.25) is 9.48 Å². The number of nitrogens with zero attached hydrogens (tertiary/aromatic N) is 6. The average Bonchev–Trinajstić information content (AvgIpc) is 3.34. The van der Waals surface area contributed by atoms with Crippen LogP contribution in [0.3, 0.4) is 0 Å². The van der Waals surface area contributed by atoms with E-state index in [9.17, 15) is 18.0 Å². The number of aromatic nitrogens is 5. The third-order valence-corrected chi connectivity index (χ3v) is 5.41. The minimum Gasteiger partial charge on any atom is -0.497 e. The van der Waals surface area contributed by atoms with Crippen molar-refractivity contribution in [2.75, 3.05) is 14.2 Å². The van der Waals surface area contributed by atoms with E-state index in [1.807, 2.05) is 0 Å². The van der Waals surface area contributed by atoms with Crippen LogP contribution in [0.15, 0.2) is 42.6 Å². The van der Waals surface area contributed by atoms with Gasteiger partial charge >= 0.3 is 6.18 Å². The van der Waals surface area contributed by atoms with Crippen molar-refractivity contribution in [1.82, 2.24) is 29.3 Å². The van der Waals surface area contributed by atoms with Crippen LogP contribution in [0.2, 0.25) is 5.02 Å². The van der Waals surface area contributed by atoms with Gasteiger partial charge in [0.1, 0.15) is 10.8 Å². The summed E-state index contributed by atoms with van der Waals surface area (Å²) in [5.74, 6) is -0.197. The largest absolute Gasteiger partial charge is 0.497 e. The number of carbonyl (C=O) groups excluding carboxylic acids is 1. The summed E-state index contributed by atoms with van der Waals surface area (Å²) in [7, 11) is 4.66. The number of hydrogen-bond acceptors (Lipinski definition) is 5. The number of amides is 1. The van der Waals surface area contributed by atoms with Gasteiger partial charge < -0.3 is 9.64 Å². The summed E-state index contributed by atoms with van der Waals surface area (Å²) in [6.07, 6.45) is -3.20. The van der Waals surface area contributed by atoms with E-state index in [-0.39, 0.29) is 28.6 Å². The van der Waals surface area contributed by atoms with Crippen molar-refractivity contribution in [3.8, 4) is 17.0 Å². The predicted molar refractivity (Wildman–Crippen MR) is 114 cm³/mol. The fourth-order valence-electron chi connectivity index (χ4n) is 3.31. The number of benzene rings is 1. The van der Waals surface area contributed by atoms with Crippen LogP contribution in [-0.4, -0.2) is 49.3 Å². The van der Waals surface area contributed by atoms with Crippen LogP contribution in [0.1, 0.15) is 21.9 Å². The Labute approximate surface area is 191 Å². The van der Waals surface area contributed by atoms with E-state index in [2.05, 4.69) is 15.2 Å². The molecule has 0 bridgehead atoms. The Bertz CT molecular complexity index is 1350. The Morgan fingerprint density at radius 3 is 2.64 bits per heavy atom. The SMILES string of the molecule is COc1cccc(-c2cc(C(F)(F)F)n3nc(C(=O)N(C)Cc4ccnn4C)c(Cl)c3n2)c1. The smallest absolute Gasteiger partial charge is 0.433 e. The number of halogens is 4. The fourth-order valence-corrected chi connectivity index (χ4v) is 3.55. The zero-order valence-corrected chi connectivity index (χ0v) is 18.5. The van der Waals surface area contributed by atoms with E-state index in [4.69, 9.17) is 16.3 Å². The van der Waals surface area contributed by atoms with E-state index in [1.54, 1.807) is 48.3 Å². The van der Waals surface area contributed by atoms with Gasteiger partial charge in [-0.15, -0.1) is 0 Å². The number of carbonyl (C=O) groups is 1.